The Morgan fingerprint density at radius 3 is 2.38 bits per heavy atom. The van der Waals surface area contributed by atoms with Crippen molar-refractivity contribution in [3.8, 4) is 11.6 Å². The van der Waals surface area contributed by atoms with Crippen molar-refractivity contribution < 1.29 is 38.9 Å². The number of para-hydroxylation sites is 1. The van der Waals surface area contributed by atoms with E-state index in [9.17, 15) is 34.2 Å². The molecule has 0 spiro atoms. The average Bonchev–Trinajstić information content (AvgIpc) is 3.83. The molecule has 3 aromatic rings. The number of nitrogens with one attached hydrogen (secondary N) is 1. The molecule has 1 unspecified atom stereocenters. The zero-order chi connectivity index (χ0) is 31.9. The fourth-order valence-corrected chi connectivity index (χ4v) is 6.36. The zero-order valence-corrected chi connectivity index (χ0v) is 25.2. The average molecular weight is 639 g/mol. The van der Waals surface area contributed by atoms with E-state index in [1.54, 1.807) is 40.5 Å². The molecule has 238 valence electrons. The number of thiophene rings is 1. The van der Waals surface area contributed by atoms with Gasteiger partial charge in [0.2, 0.25) is 11.8 Å². The molecule has 4 amide bonds. The lowest BCUT2D eigenvalue weighted by molar-refractivity contribution is -0.138. The van der Waals surface area contributed by atoms with E-state index in [4.69, 9.17) is 4.74 Å². The molecule has 2 aliphatic heterocycles. The van der Waals surface area contributed by atoms with Crippen molar-refractivity contribution in [3.05, 3.63) is 64.5 Å². The summed E-state index contributed by atoms with van der Waals surface area (Å²) < 4.78 is 7.34. The van der Waals surface area contributed by atoms with E-state index >= 15 is 0 Å². The SMILES string of the molecule is O=C(O)CC[C@H](NC(=O)c1cc(OCC(=O)N2CCCC2c2cccs2)n(-c2ccccc2)n1)C(=O)N1CCN(C(=O)O)CC1. The summed E-state index contributed by atoms with van der Waals surface area (Å²) in [5, 5.41) is 27.5. The van der Waals surface area contributed by atoms with E-state index in [2.05, 4.69) is 10.4 Å². The summed E-state index contributed by atoms with van der Waals surface area (Å²) in [7, 11) is 0. The molecular formula is C30H34N6O8S. The second-order valence-corrected chi connectivity index (χ2v) is 11.7. The van der Waals surface area contributed by atoms with E-state index in [0.29, 0.717) is 12.2 Å². The fraction of sp³-hybridized carbons (Fsp3) is 0.400. The Bertz CT molecular complexity index is 1520. The molecular weight excluding hydrogens is 604 g/mol. The van der Waals surface area contributed by atoms with Gasteiger partial charge in [-0.1, -0.05) is 24.3 Å². The number of nitrogens with zero attached hydrogens (tertiary/aromatic N) is 5. The Balaban J connectivity index is 1.31. The minimum atomic E-state index is -1.18. The number of likely N-dealkylation sites (tertiary alicyclic amines) is 1. The summed E-state index contributed by atoms with van der Waals surface area (Å²) in [6.07, 6.45) is 0.128. The van der Waals surface area contributed by atoms with Gasteiger partial charge in [0.05, 0.1) is 11.7 Å². The Morgan fingerprint density at radius 2 is 1.71 bits per heavy atom. The second kappa shape index (κ2) is 14.2. The van der Waals surface area contributed by atoms with Crippen LogP contribution in [0.5, 0.6) is 5.88 Å². The van der Waals surface area contributed by atoms with Gasteiger partial charge in [-0.25, -0.2) is 9.48 Å². The topological polar surface area (TPSA) is 175 Å². The maximum absolute atomic E-state index is 13.4. The van der Waals surface area contributed by atoms with Crippen LogP contribution in [0.4, 0.5) is 4.79 Å². The predicted octanol–water partition coefficient (Wildman–Crippen LogP) is 2.46. The minimum absolute atomic E-state index is 0.00569. The van der Waals surface area contributed by atoms with E-state index in [1.807, 2.05) is 23.6 Å². The first-order chi connectivity index (χ1) is 21.7. The third-order valence-corrected chi connectivity index (χ3v) is 8.78. The largest absolute Gasteiger partial charge is 0.481 e. The second-order valence-electron chi connectivity index (χ2n) is 10.7. The number of amides is 4. The predicted molar refractivity (Wildman–Crippen MR) is 161 cm³/mol. The molecule has 14 nitrogen and oxygen atoms in total. The van der Waals surface area contributed by atoms with Crippen molar-refractivity contribution in [1.82, 2.24) is 29.8 Å². The van der Waals surface area contributed by atoms with Gasteiger partial charge in [0.25, 0.3) is 11.8 Å². The summed E-state index contributed by atoms with van der Waals surface area (Å²) in [5.74, 6) is -2.42. The van der Waals surface area contributed by atoms with E-state index in [1.165, 1.54) is 20.5 Å². The van der Waals surface area contributed by atoms with Crippen molar-refractivity contribution in [3.63, 3.8) is 0 Å². The molecule has 0 saturated carbocycles. The molecule has 2 aliphatic rings. The summed E-state index contributed by atoms with van der Waals surface area (Å²) in [6, 6.07) is 13.1. The normalized spacial score (nSPS) is 17.2. The van der Waals surface area contributed by atoms with Gasteiger partial charge in [-0.3, -0.25) is 19.2 Å². The van der Waals surface area contributed by atoms with Crippen LogP contribution < -0.4 is 10.1 Å². The smallest absolute Gasteiger partial charge is 0.407 e. The quantitative estimate of drug-likeness (QED) is 0.285. The number of carbonyl (C=O) groups is 5. The van der Waals surface area contributed by atoms with Crippen molar-refractivity contribution >= 4 is 41.1 Å². The molecule has 2 atom stereocenters. The molecule has 3 N–H and O–H groups in total. The molecule has 2 saturated heterocycles. The molecule has 0 bridgehead atoms. The highest BCUT2D eigenvalue weighted by Gasteiger charge is 2.33. The van der Waals surface area contributed by atoms with Gasteiger partial charge in [-0.2, -0.15) is 5.10 Å². The van der Waals surface area contributed by atoms with Gasteiger partial charge in [0.15, 0.2) is 12.3 Å². The summed E-state index contributed by atoms with van der Waals surface area (Å²) >= 11 is 1.61. The van der Waals surface area contributed by atoms with Gasteiger partial charge in [-0.05, 0) is 42.8 Å². The molecule has 45 heavy (non-hydrogen) atoms. The lowest BCUT2D eigenvalue weighted by atomic mass is 10.1. The maximum atomic E-state index is 13.4. The molecule has 4 heterocycles. The van der Waals surface area contributed by atoms with Crippen LogP contribution in [0.3, 0.4) is 0 Å². The van der Waals surface area contributed by atoms with Gasteiger partial charge in [0, 0.05) is 50.1 Å². The molecule has 5 rings (SSSR count). The first kappa shape index (κ1) is 31.5. The number of carbonyl (C=O) groups excluding carboxylic acids is 3. The van der Waals surface area contributed by atoms with Crippen LogP contribution in [0.15, 0.2) is 53.9 Å². The number of hydrogen-bond donors (Lipinski definition) is 3. The number of aromatic nitrogens is 2. The number of rotatable bonds is 11. The van der Waals surface area contributed by atoms with Crippen LogP contribution in [0.2, 0.25) is 0 Å². The van der Waals surface area contributed by atoms with E-state index in [0.717, 1.165) is 17.7 Å². The Hall–Kier alpha value is -4.92. The maximum Gasteiger partial charge on any atom is 0.407 e. The van der Waals surface area contributed by atoms with Gasteiger partial charge < -0.3 is 35.0 Å². The Morgan fingerprint density at radius 1 is 0.978 bits per heavy atom. The first-order valence-corrected chi connectivity index (χ1v) is 15.5. The summed E-state index contributed by atoms with van der Waals surface area (Å²) in [6.45, 7) is 0.782. The van der Waals surface area contributed by atoms with Crippen LogP contribution in [0.1, 0.15) is 47.1 Å². The van der Waals surface area contributed by atoms with Crippen LogP contribution in [-0.2, 0) is 14.4 Å². The number of hydrogen-bond acceptors (Lipinski definition) is 8. The fourth-order valence-electron chi connectivity index (χ4n) is 5.49. The van der Waals surface area contributed by atoms with Crippen LogP contribution in [0.25, 0.3) is 5.69 Å². The third-order valence-electron chi connectivity index (χ3n) is 7.81. The Labute approximate surface area is 262 Å². The van der Waals surface area contributed by atoms with Crippen molar-refractivity contribution in [2.75, 3.05) is 39.3 Å². The van der Waals surface area contributed by atoms with Crippen molar-refractivity contribution in [2.24, 2.45) is 0 Å². The molecule has 15 heteroatoms. The van der Waals surface area contributed by atoms with Gasteiger partial charge in [0.1, 0.15) is 6.04 Å². The van der Waals surface area contributed by atoms with E-state index in [-0.39, 0.29) is 69.2 Å². The minimum Gasteiger partial charge on any atom is -0.481 e. The van der Waals surface area contributed by atoms with E-state index < -0.39 is 29.9 Å². The number of carboxylic acids is 1. The monoisotopic (exact) mass is 638 g/mol. The molecule has 2 aromatic heterocycles. The number of carboxylic acid groups (broad SMARTS) is 2. The van der Waals surface area contributed by atoms with Gasteiger partial charge >= 0.3 is 12.1 Å². The third kappa shape index (κ3) is 7.60. The highest BCUT2D eigenvalue weighted by Crippen LogP contribution is 2.34. The molecule has 0 radical (unpaired) electrons. The lowest BCUT2D eigenvalue weighted by Crippen LogP contribution is -2.55. The molecule has 2 fully saturated rings. The lowest BCUT2D eigenvalue weighted by Gasteiger charge is -2.35. The zero-order valence-electron chi connectivity index (χ0n) is 24.4. The number of ether oxygens (including phenoxy) is 1. The van der Waals surface area contributed by atoms with Crippen molar-refractivity contribution in [2.45, 2.75) is 37.8 Å². The molecule has 1 aromatic carbocycles. The Kier molecular flexibility index (Phi) is 9.97. The highest BCUT2D eigenvalue weighted by atomic mass is 32.1. The summed E-state index contributed by atoms with van der Waals surface area (Å²) in [5.41, 5.74) is 0.481. The van der Waals surface area contributed by atoms with Crippen LogP contribution >= 0.6 is 11.3 Å². The number of aliphatic carboxylic acids is 1. The van der Waals surface area contributed by atoms with Crippen molar-refractivity contribution in [1.29, 1.82) is 0 Å². The van der Waals surface area contributed by atoms with Crippen LogP contribution in [-0.4, -0.2) is 110 Å². The first-order valence-electron chi connectivity index (χ1n) is 14.6. The standard InChI is InChI=1S/C30H34N6O8S/c37-25(35-12-4-8-23(35)24-9-5-17-45-24)19-44-26-18-22(32-36(26)20-6-2-1-3-7-20)28(40)31-21(10-11-27(38)39)29(41)33-13-15-34(16-14-33)30(42)43/h1-3,5-7,9,17-18,21,23H,4,8,10-16,19H2,(H,31,40)(H,38,39)(H,42,43)/t21-,23?/m0/s1. The van der Waals surface area contributed by atoms with Crippen LogP contribution in [0, 0.1) is 0 Å². The summed E-state index contributed by atoms with van der Waals surface area (Å²) in [4.78, 5) is 68.1. The van der Waals surface area contributed by atoms with Gasteiger partial charge in [-0.15, -0.1) is 11.3 Å². The number of benzene rings is 1. The molecule has 0 aliphatic carbocycles. The number of piperazine rings is 1. The highest BCUT2D eigenvalue weighted by molar-refractivity contribution is 7.10.